The van der Waals surface area contributed by atoms with Gasteiger partial charge in [0.15, 0.2) is 6.10 Å². The minimum atomic E-state index is -0.516. The minimum Gasteiger partial charge on any atom is -0.409 e. The third-order valence-electron chi connectivity index (χ3n) is 2.15. The number of hydrogen-bond acceptors (Lipinski definition) is 5. The van der Waals surface area contributed by atoms with E-state index in [-0.39, 0.29) is 11.7 Å². The predicted octanol–water partition coefficient (Wildman–Crippen LogP) is -0.955. The number of ether oxygens (including phenoxy) is 2. The van der Waals surface area contributed by atoms with E-state index in [4.69, 9.17) is 20.4 Å². The summed E-state index contributed by atoms with van der Waals surface area (Å²) in [6.07, 6.45) is 0.547. The van der Waals surface area contributed by atoms with Crippen molar-refractivity contribution in [3.05, 3.63) is 0 Å². The van der Waals surface area contributed by atoms with Gasteiger partial charge in [0.2, 0.25) is 0 Å². The van der Waals surface area contributed by atoms with Crippen molar-refractivity contribution < 1.29 is 19.5 Å². The van der Waals surface area contributed by atoms with Crippen molar-refractivity contribution in [2.75, 3.05) is 26.4 Å². The molecule has 7 nitrogen and oxygen atoms in total. The van der Waals surface area contributed by atoms with Crippen LogP contribution in [0.4, 0.5) is 0 Å². The molecule has 16 heavy (non-hydrogen) atoms. The summed E-state index contributed by atoms with van der Waals surface area (Å²) >= 11 is 0. The number of amides is 1. The SMILES string of the molecule is NC(CCCNC(=O)C1COCCO1)=NO. The second-order valence-corrected chi connectivity index (χ2v) is 3.42. The summed E-state index contributed by atoms with van der Waals surface area (Å²) in [5.74, 6) is -0.0225. The van der Waals surface area contributed by atoms with Gasteiger partial charge < -0.3 is 25.7 Å². The lowest BCUT2D eigenvalue weighted by Crippen LogP contribution is -2.43. The van der Waals surface area contributed by atoms with E-state index in [0.717, 1.165) is 0 Å². The van der Waals surface area contributed by atoms with Crippen LogP contribution in [0.15, 0.2) is 5.16 Å². The largest absolute Gasteiger partial charge is 0.409 e. The molecule has 4 N–H and O–H groups in total. The van der Waals surface area contributed by atoms with E-state index in [1.54, 1.807) is 0 Å². The molecule has 1 fully saturated rings. The van der Waals surface area contributed by atoms with Crippen LogP contribution in [0.3, 0.4) is 0 Å². The van der Waals surface area contributed by atoms with E-state index in [1.165, 1.54) is 0 Å². The minimum absolute atomic E-state index is 0.159. The van der Waals surface area contributed by atoms with E-state index in [9.17, 15) is 4.79 Å². The molecule has 0 spiro atoms. The molecular weight excluding hydrogens is 214 g/mol. The van der Waals surface area contributed by atoms with Crippen molar-refractivity contribution in [2.45, 2.75) is 18.9 Å². The fraction of sp³-hybridized carbons (Fsp3) is 0.778. The second-order valence-electron chi connectivity index (χ2n) is 3.42. The number of rotatable bonds is 5. The predicted molar refractivity (Wildman–Crippen MR) is 56.2 cm³/mol. The molecule has 1 unspecified atom stereocenters. The van der Waals surface area contributed by atoms with Gasteiger partial charge in [-0.05, 0) is 6.42 Å². The highest BCUT2D eigenvalue weighted by Crippen LogP contribution is 2.00. The number of hydrogen-bond donors (Lipinski definition) is 3. The molecule has 0 aromatic heterocycles. The highest BCUT2D eigenvalue weighted by molar-refractivity contribution is 5.81. The Kier molecular flexibility index (Phi) is 5.58. The van der Waals surface area contributed by atoms with Crippen molar-refractivity contribution in [2.24, 2.45) is 10.9 Å². The molecule has 0 radical (unpaired) electrons. The lowest BCUT2D eigenvalue weighted by Gasteiger charge is -2.21. The third-order valence-corrected chi connectivity index (χ3v) is 2.15. The standard InChI is InChI=1S/C9H17N3O4/c10-8(12-14)2-1-3-11-9(13)7-6-15-4-5-16-7/h7,14H,1-6H2,(H2,10,12)(H,11,13). The molecule has 92 valence electrons. The monoisotopic (exact) mass is 231 g/mol. The Hall–Kier alpha value is -1.34. The molecule has 7 heteroatoms. The van der Waals surface area contributed by atoms with E-state index < -0.39 is 6.10 Å². The summed E-state index contributed by atoms with van der Waals surface area (Å²) in [5.41, 5.74) is 5.28. The number of nitrogens with zero attached hydrogens (tertiary/aromatic N) is 1. The van der Waals surface area contributed by atoms with E-state index in [2.05, 4.69) is 10.5 Å². The van der Waals surface area contributed by atoms with Crippen molar-refractivity contribution in [3.8, 4) is 0 Å². The van der Waals surface area contributed by atoms with Crippen LogP contribution in [-0.4, -0.2) is 49.4 Å². The van der Waals surface area contributed by atoms with Crippen LogP contribution in [0.1, 0.15) is 12.8 Å². The first-order chi connectivity index (χ1) is 7.74. The van der Waals surface area contributed by atoms with Gasteiger partial charge >= 0.3 is 0 Å². The van der Waals surface area contributed by atoms with Crippen LogP contribution in [0.2, 0.25) is 0 Å². The second kappa shape index (κ2) is 7.02. The first-order valence-corrected chi connectivity index (χ1v) is 5.17. The van der Waals surface area contributed by atoms with Gasteiger partial charge in [-0.2, -0.15) is 0 Å². The number of amidine groups is 1. The van der Waals surface area contributed by atoms with Gasteiger partial charge in [-0.15, -0.1) is 0 Å². The summed E-state index contributed by atoms with van der Waals surface area (Å²) in [7, 11) is 0. The van der Waals surface area contributed by atoms with Gasteiger partial charge in [0, 0.05) is 13.0 Å². The summed E-state index contributed by atoms with van der Waals surface area (Å²) in [6.45, 7) is 1.75. The summed E-state index contributed by atoms with van der Waals surface area (Å²) in [4.78, 5) is 11.5. The molecule has 0 bridgehead atoms. The maximum atomic E-state index is 11.5. The topological polar surface area (TPSA) is 106 Å². The first-order valence-electron chi connectivity index (χ1n) is 5.17. The quantitative estimate of drug-likeness (QED) is 0.186. The molecule has 1 aliphatic rings. The Morgan fingerprint density at radius 2 is 2.38 bits per heavy atom. The molecular formula is C9H17N3O4. The van der Waals surface area contributed by atoms with Gasteiger partial charge in [0.25, 0.3) is 5.91 Å². The molecule has 1 heterocycles. The van der Waals surface area contributed by atoms with Crippen molar-refractivity contribution in [1.82, 2.24) is 5.32 Å². The smallest absolute Gasteiger partial charge is 0.251 e. The lowest BCUT2D eigenvalue weighted by atomic mass is 10.2. The molecule has 0 saturated carbocycles. The molecule has 0 aromatic carbocycles. The van der Waals surface area contributed by atoms with Gasteiger partial charge in [-0.25, -0.2) is 0 Å². The number of nitrogens with one attached hydrogen (secondary N) is 1. The highest BCUT2D eigenvalue weighted by Gasteiger charge is 2.21. The average molecular weight is 231 g/mol. The summed E-state index contributed by atoms with van der Waals surface area (Å²) < 4.78 is 10.3. The normalized spacial score (nSPS) is 21.8. The lowest BCUT2D eigenvalue weighted by molar-refractivity contribution is -0.147. The fourth-order valence-corrected chi connectivity index (χ4v) is 1.28. The van der Waals surface area contributed by atoms with Crippen molar-refractivity contribution >= 4 is 11.7 Å². The van der Waals surface area contributed by atoms with E-state index in [0.29, 0.717) is 39.2 Å². The van der Waals surface area contributed by atoms with Crippen LogP contribution < -0.4 is 11.1 Å². The average Bonchev–Trinajstić information content (AvgIpc) is 2.35. The molecule has 1 aliphatic heterocycles. The summed E-state index contributed by atoms with van der Waals surface area (Å²) in [5, 5.41) is 13.8. The third kappa shape index (κ3) is 4.45. The number of oxime groups is 1. The molecule has 1 amide bonds. The molecule has 0 aromatic rings. The maximum absolute atomic E-state index is 11.5. The summed E-state index contributed by atoms with van der Waals surface area (Å²) in [6, 6.07) is 0. The van der Waals surface area contributed by atoms with Gasteiger partial charge in [-0.3, -0.25) is 4.79 Å². The van der Waals surface area contributed by atoms with E-state index >= 15 is 0 Å². The van der Waals surface area contributed by atoms with Crippen LogP contribution in [0.5, 0.6) is 0 Å². The van der Waals surface area contributed by atoms with Gasteiger partial charge in [0.05, 0.1) is 19.8 Å². The number of carbonyl (C=O) groups excluding carboxylic acids is 1. The Morgan fingerprint density at radius 1 is 1.56 bits per heavy atom. The fourth-order valence-electron chi connectivity index (χ4n) is 1.28. The highest BCUT2D eigenvalue weighted by atomic mass is 16.6. The molecule has 0 aliphatic carbocycles. The van der Waals surface area contributed by atoms with Gasteiger partial charge in [0.1, 0.15) is 5.84 Å². The zero-order chi connectivity index (χ0) is 11.8. The Morgan fingerprint density at radius 3 is 3.00 bits per heavy atom. The number of carbonyl (C=O) groups is 1. The zero-order valence-corrected chi connectivity index (χ0v) is 9.02. The van der Waals surface area contributed by atoms with Gasteiger partial charge in [-0.1, -0.05) is 5.16 Å². The zero-order valence-electron chi connectivity index (χ0n) is 9.02. The maximum Gasteiger partial charge on any atom is 0.251 e. The molecule has 1 saturated heterocycles. The van der Waals surface area contributed by atoms with E-state index in [1.807, 2.05) is 0 Å². The Balaban J connectivity index is 2.10. The first kappa shape index (κ1) is 12.7. The van der Waals surface area contributed by atoms with Crippen LogP contribution in [-0.2, 0) is 14.3 Å². The number of nitrogens with two attached hydrogens (primary N) is 1. The van der Waals surface area contributed by atoms with Crippen molar-refractivity contribution in [3.63, 3.8) is 0 Å². The molecule has 1 atom stereocenters. The van der Waals surface area contributed by atoms with Crippen molar-refractivity contribution in [1.29, 1.82) is 0 Å². The Bertz CT molecular complexity index is 251. The van der Waals surface area contributed by atoms with Crippen LogP contribution in [0.25, 0.3) is 0 Å². The van der Waals surface area contributed by atoms with Crippen LogP contribution >= 0.6 is 0 Å². The molecule has 1 rings (SSSR count). The van der Waals surface area contributed by atoms with Crippen LogP contribution in [0, 0.1) is 0 Å². The Labute approximate surface area is 93.6 Å².